The van der Waals surface area contributed by atoms with E-state index >= 15 is 0 Å². The van der Waals surface area contributed by atoms with Crippen LogP contribution in [0.1, 0.15) is 43.6 Å². The minimum absolute atomic E-state index is 0.293. The van der Waals surface area contributed by atoms with Crippen molar-refractivity contribution < 1.29 is 9.47 Å². The van der Waals surface area contributed by atoms with Crippen molar-refractivity contribution in [2.45, 2.75) is 45.3 Å². The second-order valence-electron chi connectivity index (χ2n) is 6.05. The minimum Gasteiger partial charge on any atom is -0.497 e. The first kappa shape index (κ1) is 16.7. The maximum atomic E-state index is 5.58. The highest BCUT2D eigenvalue weighted by molar-refractivity contribution is 5.42. The van der Waals surface area contributed by atoms with Gasteiger partial charge in [0, 0.05) is 18.2 Å². The Bertz CT molecular complexity index is 673. The summed E-state index contributed by atoms with van der Waals surface area (Å²) in [5, 5.41) is 12.1. The van der Waals surface area contributed by atoms with Gasteiger partial charge in [-0.05, 0) is 54.4 Å². The van der Waals surface area contributed by atoms with Crippen molar-refractivity contribution in [3.63, 3.8) is 0 Å². The van der Waals surface area contributed by atoms with Crippen LogP contribution in [0.3, 0.4) is 0 Å². The van der Waals surface area contributed by atoms with Crippen LogP contribution in [0.25, 0.3) is 0 Å². The number of aromatic nitrogens is 4. The highest BCUT2D eigenvalue weighted by atomic mass is 16.5. The normalized spacial score (nSPS) is 18.0. The van der Waals surface area contributed by atoms with Crippen LogP contribution in [0.2, 0.25) is 0 Å². The van der Waals surface area contributed by atoms with Gasteiger partial charge in [-0.2, -0.15) is 0 Å². The molecule has 2 heterocycles. The summed E-state index contributed by atoms with van der Waals surface area (Å²) >= 11 is 0. The van der Waals surface area contributed by atoms with Crippen molar-refractivity contribution in [1.29, 1.82) is 0 Å². The van der Waals surface area contributed by atoms with E-state index in [-0.39, 0.29) is 0 Å². The van der Waals surface area contributed by atoms with Crippen molar-refractivity contribution in [2.75, 3.05) is 20.8 Å². The zero-order valence-corrected chi connectivity index (χ0v) is 14.6. The minimum atomic E-state index is 0.293. The summed E-state index contributed by atoms with van der Waals surface area (Å²) in [5.41, 5.74) is 1.17. The Morgan fingerprint density at radius 3 is 2.88 bits per heavy atom. The maximum Gasteiger partial charge on any atom is 0.165 e. The first-order chi connectivity index (χ1) is 11.8. The van der Waals surface area contributed by atoms with Crippen LogP contribution in [0.4, 0.5) is 0 Å². The number of rotatable bonds is 7. The van der Waals surface area contributed by atoms with Gasteiger partial charge in [0.15, 0.2) is 5.82 Å². The van der Waals surface area contributed by atoms with Crippen LogP contribution in [0.15, 0.2) is 18.2 Å². The van der Waals surface area contributed by atoms with Gasteiger partial charge in [-0.15, -0.1) is 5.10 Å². The van der Waals surface area contributed by atoms with Gasteiger partial charge >= 0.3 is 0 Å². The fourth-order valence-electron chi connectivity index (χ4n) is 3.37. The van der Waals surface area contributed by atoms with E-state index in [4.69, 9.17) is 9.47 Å². The zero-order chi connectivity index (χ0) is 16.9. The van der Waals surface area contributed by atoms with Gasteiger partial charge in [-0.1, -0.05) is 6.92 Å². The Kier molecular flexibility index (Phi) is 5.30. The van der Waals surface area contributed by atoms with E-state index in [0.29, 0.717) is 6.04 Å². The lowest BCUT2D eigenvalue weighted by atomic mass is 10.0. The van der Waals surface area contributed by atoms with E-state index in [9.17, 15) is 0 Å². The Hall–Kier alpha value is -2.15. The van der Waals surface area contributed by atoms with Gasteiger partial charge in [0.05, 0.1) is 20.8 Å². The quantitative estimate of drug-likeness (QED) is 0.776. The largest absolute Gasteiger partial charge is 0.497 e. The third-order valence-electron chi connectivity index (χ3n) is 4.55. The van der Waals surface area contributed by atoms with E-state index in [1.165, 1.54) is 5.56 Å². The Labute approximate surface area is 142 Å². The third-order valence-corrected chi connectivity index (χ3v) is 4.55. The second-order valence-corrected chi connectivity index (χ2v) is 6.05. The van der Waals surface area contributed by atoms with Crippen molar-refractivity contribution in [3.8, 4) is 11.5 Å². The van der Waals surface area contributed by atoms with Gasteiger partial charge in [0.2, 0.25) is 0 Å². The third kappa shape index (κ3) is 3.36. The monoisotopic (exact) mass is 331 g/mol. The molecule has 1 aliphatic rings. The molecule has 7 nitrogen and oxygen atoms in total. The molecule has 1 aliphatic heterocycles. The van der Waals surface area contributed by atoms with Crippen LogP contribution in [0, 0.1) is 0 Å². The van der Waals surface area contributed by atoms with Crippen molar-refractivity contribution in [3.05, 3.63) is 29.6 Å². The zero-order valence-electron chi connectivity index (χ0n) is 14.6. The van der Waals surface area contributed by atoms with Gasteiger partial charge in [-0.25, -0.2) is 4.68 Å². The number of likely N-dealkylation sites (tertiary alicyclic amines) is 1. The number of hydrogen-bond donors (Lipinski definition) is 0. The Balaban J connectivity index is 1.84. The number of hydrogen-bond acceptors (Lipinski definition) is 6. The summed E-state index contributed by atoms with van der Waals surface area (Å²) in [6.07, 6.45) is 3.27. The second kappa shape index (κ2) is 7.61. The predicted octanol–water partition coefficient (Wildman–Crippen LogP) is 2.44. The molecule has 2 aromatic rings. The topological polar surface area (TPSA) is 65.3 Å². The lowest BCUT2D eigenvalue weighted by molar-refractivity contribution is 0.231. The number of tetrazole rings is 1. The molecule has 1 aromatic heterocycles. The van der Waals surface area contributed by atoms with E-state index < -0.39 is 0 Å². The lowest BCUT2D eigenvalue weighted by Gasteiger charge is -2.26. The molecule has 0 saturated carbocycles. The first-order valence-corrected chi connectivity index (χ1v) is 8.47. The van der Waals surface area contributed by atoms with Gasteiger partial charge in [-0.3, -0.25) is 4.90 Å². The summed E-state index contributed by atoms with van der Waals surface area (Å²) < 4.78 is 12.9. The standard InChI is InChI=1S/C17H25N5O2/c1-4-9-22-17(18-19-20-22)12-21-10-5-6-15(21)14-11-13(23-2)7-8-16(14)24-3/h7-8,11,15H,4-6,9-10,12H2,1-3H3. The number of aryl methyl sites for hydroxylation is 1. The lowest BCUT2D eigenvalue weighted by Crippen LogP contribution is -2.25. The van der Waals surface area contributed by atoms with Crippen LogP contribution >= 0.6 is 0 Å². The molecular weight excluding hydrogens is 306 g/mol. The SMILES string of the molecule is CCCn1nnnc1CN1CCCC1c1cc(OC)ccc1OC. The molecule has 0 spiro atoms. The molecule has 1 aromatic carbocycles. The van der Waals surface area contributed by atoms with E-state index in [1.54, 1.807) is 14.2 Å². The van der Waals surface area contributed by atoms with Crippen molar-refractivity contribution in [2.24, 2.45) is 0 Å². The average molecular weight is 331 g/mol. The van der Waals surface area contributed by atoms with Crippen LogP contribution in [-0.4, -0.2) is 45.9 Å². The highest BCUT2D eigenvalue weighted by Gasteiger charge is 2.30. The maximum absolute atomic E-state index is 5.58. The van der Waals surface area contributed by atoms with Crippen molar-refractivity contribution in [1.82, 2.24) is 25.1 Å². The smallest absolute Gasteiger partial charge is 0.165 e. The average Bonchev–Trinajstić information content (AvgIpc) is 3.25. The molecule has 7 heteroatoms. The molecule has 1 saturated heterocycles. The van der Waals surface area contributed by atoms with Crippen LogP contribution in [0.5, 0.6) is 11.5 Å². The van der Waals surface area contributed by atoms with E-state index in [0.717, 1.165) is 56.2 Å². The molecule has 1 atom stereocenters. The number of ether oxygens (including phenoxy) is 2. The Morgan fingerprint density at radius 1 is 1.25 bits per heavy atom. The molecule has 130 valence electrons. The molecule has 1 fully saturated rings. The van der Waals surface area contributed by atoms with E-state index in [2.05, 4.69) is 33.4 Å². The number of nitrogens with zero attached hydrogens (tertiary/aromatic N) is 5. The van der Waals surface area contributed by atoms with Gasteiger partial charge < -0.3 is 9.47 Å². The molecule has 0 bridgehead atoms. The summed E-state index contributed by atoms with van der Waals surface area (Å²) in [6, 6.07) is 6.29. The molecule has 0 aliphatic carbocycles. The summed E-state index contributed by atoms with van der Waals surface area (Å²) in [7, 11) is 3.41. The van der Waals surface area contributed by atoms with Crippen LogP contribution < -0.4 is 9.47 Å². The molecule has 1 unspecified atom stereocenters. The van der Waals surface area contributed by atoms with Crippen molar-refractivity contribution >= 4 is 0 Å². The Morgan fingerprint density at radius 2 is 2.12 bits per heavy atom. The van der Waals surface area contributed by atoms with E-state index in [1.807, 2.05) is 16.8 Å². The number of methoxy groups -OCH3 is 2. The molecule has 0 N–H and O–H groups in total. The molecule has 24 heavy (non-hydrogen) atoms. The summed E-state index contributed by atoms with van der Waals surface area (Å²) in [5.74, 6) is 2.68. The van der Waals surface area contributed by atoms with Crippen LogP contribution in [-0.2, 0) is 13.1 Å². The predicted molar refractivity (Wildman–Crippen MR) is 90.0 cm³/mol. The summed E-state index contributed by atoms with van der Waals surface area (Å²) in [4.78, 5) is 2.43. The van der Waals surface area contributed by atoms with Gasteiger partial charge in [0.25, 0.3) is 0 Å². The summed E-state index contributed by atoms with van der Waals surface area (Å²) in [6.45, 7) is 4.76. The van der Waals surface area contributed by atoms with Gasteiger partial charge in [0.1, 0.15) is 11.5 Å². The number of benzene rings is 1. The molecule has 3 rings (SSSR count). The molecular formula is C17H25N5O2. The first-order valence-electron chi connectivity index (χ1n) is 8.47. The fraction of sp³-hybridized carbons (Fsp3) is 0.588. The fourth-order valence-corrected chi connectivity index (χ4v) is 3.37. The highest BCUT2D eigenvalue weighted by Crippen LogP contribution is 2.39. The molecule has 0 amide bonds. The molecule has 0 radical (unpaired) electrons.